The van der Waals surface area contributed by atoms with Crippen LogP contribution in [0.3, 0.4) is 0 Å². The molecule has 0 atom stereocenters. The summed E-state index contributed by atoms with van der Waals surface area (Å²) in [4.78, 5) is 21.5. The lowest BCUT2D eigenvalue weighted by molar-refractivity contribution is -0.384. The highest BCUT2D eigenvalue weighted by molar-refractivity contribution is 6.68. The Kier molecular flexibility index (Phi) is 4.55. The molecular weight excluding hydrogens is 294 g/mol. The molecule has 108 valence electrons. The average Bonchev–Trinajstić information content (AvgIpc) is 2.46. The number of hydrogen-bond donors (Lipinski definition) is 0. The van der Waals surface area contributed by atoms with Gasteiger partial charge < -0.3 is 4.74 Å². The van der Waals surface area contributed by atoms with Gasteiger partial charge in [-0.3, -0.25) is 14.9 Å². The van der Waals surface area contributed by atoms with Gasteiger partial charge in [-0.15, -0.1) is 0 Å². The number of aryl methyl sites for hydroxylation is 1. The summed E-state index contributed by atoms with van der Waals surface area (Å²) in [6.07, 6.45) is 0. The Morgan fingerprint density at radius 2 is 1.90 bits per heavy atom. The number of carbonyl (C=O) groups excluding carboxylic acids is 1. The molecule has 0 radical (unpaired) electrons. The van der Waals surface area contributed by atoms with Crippen molar-refractivity contribution < 1.29 is 14.5 Å². The second-order valence-corrected chi connectivity index (χ2v) is 4.83. The number of non-ortho nitro benzene ring substituents is 1. The molecule has 0 unspecified atom stereocenters. The van der Waals surface area contributed by atoms with Crippen molar-refractivity contribution in [2.45, 2.75) is 13.5 Å². The smallest absolute Gasteiger partial charge is 0.270 e. The molecule has 6 heteroatoms. The quantitative estimate of drug-likeness (QED) is 0.478. The lowest BCUT2D eigenvalue weighted by atomic mass is 10.1. The van der Waals surface area contributed by atoms with Crippen LogP contribution in [0.1, 0.15) is 21.5 Å². The Bertz CT molecular complexity index is 683. The number of nitrogens with zero attached hydrogens (tertiary/aromatic N) is 1. The van der Waals surface area contributed by atoms with Crippen molar-refractivity contribution in [2.24, 2.45) is 0 Å². The molecule has 0 aliphatic carbocycles. The molecule has 0 aromatic heterocycles. The predicted octanol–water partition coefficient (Wildman–Crippen LogP) is 3.86. The zero-order valence-electron chi connectivity index (χ0n) is 11.2. The first kappa shape index (κ1) is 15.0. The number of rotatable bonds is 5. The number of carbonyl (C=O) groups is 1. The minimum atomic E-state index is -0.794. The van der Waals surface area contributed by atoms with Crippen LogP contribution in [0.25, 0.3) is 0 Å². The van der Waals surface area contributed by atoms with E-state index in [2.05, 4.69) is 0 Å². The zero-order valence-corrected chi connectivity index (χ0v) is 12.0. The van der Waals surface area contributed by atoms with Crippen LogP contribution in [0.15, 0.2) is 42.5 Å². The summed E-state index contributed by atoms with van der Waals surface area (Å²) in [5, 5.41) is 9.91. The fraction of sp³-hybridized carbons (Fsp3) is 0.133. The standard InChI is InChI=1S/C15H12ClNO4/c1-10-2-4-11(5-3-10)9-21-14-7-6-12(17(19)20)8-13(14)15(16)18/h2-8H,9H2,1H3. The highest BCUT2D eigenvalue weighted by atomic mass is 35.5. The van der Waals surface area contributed by atoms with E-state index in [-0.39, 0.29) is 23.6 Å². The molecule has 2 aromatic rings. The molecule has 0 spiro atoms. The Morgan fingerprint density at radius 1 is 1.24 bits per heavy atom. The summed E-state index contributed by atoms with van der Waals surface area (Å²) < 4.78 is 5.53. The molecule has 0 aliphatic rings. The lowest BCUT2D eigenvalue weighted by Gasteiger charge is -2.09. The fourth-order valence-corrected chi connectivity index (χ4v) is 1.90. The van der Waals surface area contributed by atoms with Crippen molar-refractivity contribution in [3.8, 4) is 5.75 Å². The van der Waals surface area contributed by atoms with Gasteiger partial charge in [-0.1, -0.05) is 29.8 Å². The average molecular weight is 306 g/mol. The SMILES string of the molecule is Cc1ccc(COc2ccc([N+](=O)[O-])cc2C(=O)Cl)cc1. The Hall–Kier alpha value is -2.40. The van der Waals surface area contributed by atoms with Crippen molar-refractivity contribution in [3.05, 3.63) is 69.3 Å². The first-order valence-corrected chi connectivity index (χ1v) is 6.52. The molecule has 0 saturated heterocycles. The van der Waals surface area contributed by atoms with Crippen LogP contribution in [0.4, 0.5) is 5.69 Å². The number of nitro groups is 1. The van der Waals surface area contributed by atoms with Crippen molar-refractivity contribution >= 4 is 22.5 Å². The molecule has 21 heavy (non-hydrogen) atoms. The number of hydrogen-bond acceptors (Lipinski definition) is 4. The molecule has 0 fully saturated rings. The van der Waals surface area contributed by atoms with Crippen LogP contribution in [-0.4, -0.2) is 10.2 Å². The number of nitro benzene ring substituents is 1. The third-order valence-corrected chi connectivity index (χ3v) is 3.10. The summed E-state index contributed by atoms with van der Waals surface area (Å²) in [5.41, 5.74) is 1.83. The van der Waals surface area contributed by atoms with Gasteiger partial charge in [0.2, 0.25) is 0 Å². The van der Waals surface area contributed by atoms with Crippen LogP contribution < -0.4 is 4.74 Å². The van der Waals surface area contributed by atoms with Gasteiger partial charge in [0.05, 0.1) is 10.5 Å². The van der Waals surface area contributed by atoms with Gasteiger partial charge in [0.1, 0.15) is 12.4 Å². The van der Waals surface area contributed by atoms with E-state index in [0.29, 0.717) is 0 Å². The second kappa shape index (κ2) is 6.37. The normalized spacial score (nSPS) is 10.2. The van der Waals surface area contributed by atoms with E-state index >= 15 is 0 Å². The monoisotopic (exact) mass is 305 g/mol. The van der Waals surface area contributed by atoms with E-state index in [4.69, 9.17) is 16.3 Å². The number of ether oxygens (including phenoxy) is 1. The molecule has 0 saturated carbocycles. The third-order valence-electron chi connectivity index (χ3n) is 2.90. The van der Waals surface area contributed by atoms with Crippen molar-refractivity contribution in [3.63, 3.8) is 0 Å². The van der Waals surface area contributed by atoms with Crippen LogP contribution in [-0.2, 0) is 6.61 Å². The summed E-state index contributed by atoms with van der Waals surface area (Å²) in [7, 11) is 0. The molecule has 0 aliphatic heterocycles. The Labute approximate surface area is 126 Å². The maximum Gasteiger partial charge on any atom is 0.270 e. The van der Waals surface area contributed by atoms with Gasteiger partial charge >= 0.3 is 0 Å². The van der Waals surface area contributed by atoms with Gasteiger partial charge in [-0.25, -0.2) is 0 Å². The van der Waals surface area contributed by atoms with Crippen molar-refractivity contribution in [1.29, 1.82) is 0 Å². The van der Waals surface area contributed by atoms with Gasteiger partial charge in [-0.2, -0.15) is 0 Å². The lowest BCUT2D eigenvalue weighted by Crippen LogP contribution is -2.01. The predicted molar refractivity (Wildman–Crippen MR) is 78.8 cm³/mol. The van der Waals surface area contributed by atoms with E-state index in [9.17, 15) is 14.9 Å². The van der Waals surface area contributed by atoms with E-state index in [1.165, 1.54) is 12.1 Å². The highest BCUT2D eigenvalue weighted by Gasteiger charge is 2.16. The molecule has 0 heterocycles. The Balaban J connectivity index is 2.21. The Morgan fingerprint density at radius 3 is 2.48 bits per heavy atom. The minimum absolute atomic E-state index is 0.0158. The van der Waals surface area contributed by atoms with Crippen LogP contribution in [0.2, 0.25) is 0 Å². The number of halogens is 1. The molecular formula is C15H12ClNO4. The molecule has 0 bridgehead atoms. The van der Waals surface area contributed by atoms with Crippen molar-refractivity contribution in [1.82, 2.24) is 0 Å². The van der Waals surface area contributed by atoms with E-state index in [0.717, 1.165) is 17.2 Å². The summed E-state index contributed by atoms with van der Waals surface area (Å²) >= 11 is 5.45. The maximum atomic E-state index is 11.4. The summed E-state index contributed by atoms with van der Waals surface area (Å²) in [6.45, 7) is 2.22. The first-order valence-electron chi connectivity index (χ1n) is 6.14. The van der Waals surface area contributed by atoms with E-state index in [1.807, 2.05) is 31.2 Å². The maximum absolute atomic E-state index is 11.4. The van der Waals surface area contributed by atoms with Gasteiger partial charge in [0.15, 0.2) is 0 Å². The van der Waals surface area contributed by atoms with Gasteiger partial charge in [0.25, 0.3) is 10.9 Å². The first-order chi connectivity index (χ1) is 9.97. The summed E-state index contributed by atoms with van der Waals surface area (Å²) in [6, 6.07) is 11.5. The molecule has 2 aromatic carbocycles. The van der Waals surface area contributed by atoms with Gasteiger partial charge in [0, 0.05) is 12.1 Å². The molecule has 0 N–H and O–H groups in total. The van der Waals surface area contributed by atoms with Crippen LogP contribution in [0.5, 0.6) is 5.75 Å². The largest absolute Gasteiger partial charge is 0.488 e. The fourth-order valence-electron chi connectivity index (χ4n) is 1.76. The second-order valence-electron chi connectivity index (χ2n) is 4.49. The zero-order chi connectivity index (χ0) is 15.4. The van der Waals surface area contributed by atoms with Crippen molar-refractivity contribution in [2.75, 3.05) is 0 Å². The summed E-state index contributed by atoms with van der Waals surface area (Å²) in [5.74, 6) is 0.223. The number of benzene rings is 2. The van der Waals surface area contributed by atoms with Gasteiger partial charge in [-0.05, 0) is 30.2 Å². The molecule has 0 amide bonds. The third kappa shape index (κ3) is 3.79. The van der Waals surface area contributed by atoms with Crippen LogP contribution >= 0.6 is 11.6 Å². The molecule has 5 nitrogen and oxygen atoms in total. The minimum Gasteiger partial charge on any atom is -0.488 e. The van der Waals surface area contributed by atoms with Crippen LogP contribution in [0, 0.1) is 17.0 Å². The van der Waals surface area contributed by atoms with E-state index < -0.39 is 10.2 Å². The highest BCUT2D eigenvalue weighted by Crippen LogP contribution is 2.26. The molecule has 2 rings (SSSR count). The topological polar surface area (TPSA) is 69.4 Å². The van der Waals surface area contributed by atoms with E-state index in [1.54, 1.807) is 0 Å².